The molecule has 4 heteroatoms. The second kappa shape index (κ2) is 6.48. The van der Waals surface area contributed by atoms with E-state index in [0.717, 1.165) is 16.9 Å². The summed E-state index contributed by atoms with van der Waals surface area (Å²) in [5.74, 6) is 0.318. The lowest BCUT2D eigenvalue weighted by Gasteiger charge is -2.27. The van der Waals surface area contributed by atoms with Gasteiger partial charge in [0.05, 0.1) is 6.61 Å². The van der Waals surface area contributed by atoms with Crippen LogP contribution in [0, 0.1) is 6.92 Å². The number of esters is 1. The maximum atomic E-state index is 11.8. The summed E-state index contributed by atoms with van der Waals surface area (Å²) in [6.07, 6.45) is 0. The zero-order valence-electron chi connectivity index (χ0n) is 13.9. The fraction of sp³-hybridized carbons (Fsp3) is 0.588. The zero-order valence-corrected chi connectivity index (χ0v) is 13.9. The van der Waals surface area contributed by atoms with Crippen LogP contribution in [0.5, 0.6) is 5.75 Å². The second-order valence-electron chi connectivity index (χ2n) is 6.68. The molecule has 0 saturated carbocycles. The molecule has 118 valence electrons. The molecule has 1 atom stereocenters. The number of nitrogens with two attached hydrogens (primary N) is 1. The van der Waals surface area contributed by atoms with Crippen molar-refractivity contribution in [2.45, 2.75) is 52.5 Å². The summed E-state index contributed by atoms with van der Waals surface area (Å²) in [5, 5.41) is 0. The molecule has 0 saturated heterocycles. The zero-order chi connectivity index (χ0) is 16.3. The minimum absolute atomic E-state index is 0.0437. The fourth-order valence-electron chi connectivity index (χ4n) is 1.95. The molecule has 0 aromatic heterocycles. The van der Waals surface area contributed by atoms with Crippen LogP contribution in [0.25, 0.3) is 0 Å². The van der Waals surface area contributed by atoms with Gasteiger partial charge in [-0.05, 0) is 43.4 Å². The summed E-state index contributed by atoms with van der Waals surface area (Å²) in [5.41, 5.74) is 6.99. The average Bonchev–Trinajstić information content (AvgIpc) is 2.35. The van der Waals surface area contributed by atoms with Crippen molar-refractivity contribution in [3.05, 3.63) is 29.3 Å². The third kappa shape index (κ3) is 4.74. The van der Waals surface area contributed by atoms with Crippen molar-refractivity contribution in [1.29, 1.82) is 0 Å². The predicted molar refractivity (Wildman–Crippen MR) is 84.6 cm³/mol. The smallest absolute Gasteiger partial charge is 0.329 e. The van der Waals surface area contributed by atoms with E-state index in [0.29, 0.717) is 6.61 Å². The van der Waals surface area contributed by atoms with E-state index in [1.807, 2.05) is 13.0 Å². The van der Waals surface area contributed by atoms with Crippen LogP contribution in [-0.4, -0.2) is 24.7 Å². The number of rotatable bonds is 5. The maximum Gasteiger partial charge on any atom is 0.329 e. The van der Waals surface area contributed by atoms with Gasteiger partial charge in [0.15, 0.2) is 0 Å². The Bertz CT molecular complexity index is 501. The van der Waals surface area contributed by atoms with Crippen molar-refractivity contribution in [2.24, 2.45) is 5.73 Å². The summed E-state index contributed by atoms with van der Waals surface area (Å²) in [7, 11) is 0. The van der Waals surface area contributed by atoms with Gasteiger partial charge in [0.1, 0.15) is 17.9 Å². The third-order valence-corrected chi connectivity index (χ3v) is 3.21. The Kier molecular flexibility index (Phi) is 5.40. The van der Waals surface area contributed by atoms with E-state index in [4.69, 9.17) is 15.2 Å². The first-order chi connectivity index (χ1) is 9.58. The summed E-state index contributed by atoms with van der Waals surface area (Å²) in [6, 6.07) is 6.09. The summed E-state index contributed by atoms with van der Waals surface area (Å²) < 4.78 is 10.8. The van der Waals surface area contributed by atoms with Crippen molar-refractivity contribution in [3.63, 3.8) is 0 Å². The van der Waals surface area contributed by atoms with E-state index in [-0.39, 0.29) is 12.0 Å². The molecule has 21 heavy (non-hydrogen) atoms. The first-order valence-corrected chi connectivity index (χ1v) is 7.28. The molecular formula is C17H27NO3. The van der Waals surface area contributed by atoms with Gasteiger partial charge in [-0.1, -0.05) is 32.9 Å². The Hall–Kier alpha value is -1.55. The summed E-state index contributed by atoms with van der Waals surface area (Å²) in [6.45, 7) is 12.1. The van der Waals surface area contributed by atoms with Crippen LogP contribution in [0.15, 0.2) is 18.2 Å². The van der Waals surface area contributed by atoms with E-state index < -0.39 is 11.5 Å². The Morgan fingerprint density at radius 1 is 1.24 bits per heavy atom. The highest BCUT2D eigenvalue weighted by Crippen LogP contribution is 2.32. The molecule has 0 radical (unpaired) electrons. The second-order valence-corrected chi connectivity index (χ2v) is 6.68. The number of carbonyl (C=O) groups is 1. The van der Waals surface area contributed by atoms with Crippen LogP contribution in [0.3, 0.4) is 0 Å². The number of hydrogen-bond acceptors (Lipinski definition) is 4. The van der Waals surface area contributed by atoms with Gasteiger partial charge in [-0.2, -0.15) is 0 Å². The van der Waals surface area contributed by atoms with Crippen molar-refractivity contribution in [2.75, 3.05) is 13.2 Å². The van der Waals surface area contributed by atoms with Crippen LogP contribution >= 0.6 is 0 Å². The molecule has 0 aliphatic rings. The van der Waals surface area contributed by atoms with Crippen molar-refractivity contribution in [1.82, 2.24) is 0 Å². The van der Waals surface area contributed by atoms with Gasteiger partial charge in [0.2, 0.25) is 0 Å². The Labute approximate surface area is 127 Å². The van der Waals surface area contributed by atoms with E-state index in [9.17, 15) is 4.79 Å². The number of hydrogen-bond donors (Lipinski definition) is 1. The quantitative estimate of drug-likeness (QED) is 0.848. The van der Waals surface area contributed by atoms with E-state index in [1.165, 1.54) is 0 Å². The number of carbonyl (C=O) groups excluding carboxylic acids is 1. The van der Waals surface area contributed by atoms with Crippen molar-refractivity contribution >= 4 is 5.97 Å². The van der Waals surface area contributed by atoms with E-state index in [2.05, 4.69) is 32.9 Å². The normalized spacial score (nSPS) is 14.4. The fourth-order valence-corrected chi connectivity index (χ4v) is 1.95. The SMILES string of the molecule is CCOC(=O)C(C)(N)COc1cc(C)ccc1C(C)(C)C. The highest BCUT2D eigenvalue weighted by Gasteiger charge is 2.31. The Morgan fingerprint density at radius 3 is 2.38 bits per heavy atom. The summed E-state index contributed by atoms with van der Waals surface area (Å²) >= 11 is 0. The van der Waals surface area contributed by atoms with Gasteiger partial charge in [0, 0.05) is 0 Å². The van der Waals surface area contributed by atoms with Crippen LogP contribution in [0.1, 0.15) is 45.7 Å². The van der Waals surface area contributed by atoms with Gasteiger partial charge < -0.3 is 15.2 Å². The minimum atomic E-state index is -1.16. The van der Waals surface area contributed by atoms with Crippen molar-refractivity contribution < 1.29 is 14.3 Å². The predicted octanol–water partition coefficient (Wildman–Crippen LogP) is 2.95. The van der Waals surface area contributed by atoms with E-state index in [1.54, 1.807) is 13.8 Å². The molecule has 1 unspecified atom stereocenters. The average molecular weight is 293 g/mol. The van der Waals surface area contributed by atoms with Gasteiger partial charge >= 0.3 is 5.97 Å². The Balaban J connectivity index is 2.93. The minimum Gasteiger partial charge on any atom is -0.491 e. The van der Waals surface area contributed by atoms with Gasteiger partial charge in [0.25, 0.3) is 0 Å². The molecule has 0 bridgehead atoms. The number of aryl methyl sites for hydroxylation is 1. The number of benzene rings is 1. The molecule has 1 aromatic carbocycles. The monoisotopic (exact) mass is 293 g/mol. The molecule has 1 aromatic rings. The molecule has 0 spiro atoms. The highest BCUT2D eigenvalue weighted by atomic mass is 16.5. The third-order valence-electron chi connectivity index (χ3n) is 3.21. The summed E-state index contributed by atoms with van der Waals surface area (Å²) in [4.78, 5) is 11.8. The standard InChI is InChI=1S/C17H27NO3/c1-7-20-15(19)17(6,18)11-21-14-10-12(2)8-9-13(14)16(3,4)5/h8-10H,7,11,18H2,1-6H3. The molecule has 0 aliphatic heterocycles. The maximum absolute atomic E-state index is 11.8. The van der Waals surface area contributed by atoms with Crippen LogP contribution in [0.2, 0.25) is 0 Å². The molecule has 4 nitrogen and oxygen atoms in total. The topological polar surface area (TPSA) is 61.5 Å². The van der Waals surface area contributed by atoms with Crippen LogP contribution < -0.4 is 10.5 Å². The lowest BCUT2D eigenvalue weighted by atomic mass is 9.86. The van der Waals surface area contributed by atoms with Crippen molar-refractivity contribution in [3.8, 4) is 5.75 Å². The first-order valence-electron chi connectivity index (χ1n) is 7.28. The Morgan fingerprint density at radius 2 is 1.86 bits per heavy atom. The molecule has 0 aliphatic carbocycles. The molecule has 0 amide bonds. The highest BCUT2D eigenvalue weighted by molar-refractivity contribution is 5.80. The van der Waals surface area contributed by atoms with Gasteiger partial charge in [-0.25, -0.2) is 4.79 Å². The number of ether oxygens (including phenoxy) is 2. The molecule has 0 fully saturated rings. The lowest BCUT2D eigenvalue weighted by Crippen LogP contribution is -2.51. The first kappa shape index (κ1) is 17.5. The molecule has 1 rings (SSSR count). The molecule has 2 N–H and O–H groups in total. The van der Waals surface area contributed by atoms with Crippen LogP contribution in [-0.2, 0) is 14.9 Å². The molecular weight excluding hydrogens is 266 g/mol. The van der Waals surface area contributed by atoms with E-state index >= 15 is 0 Å². The lowest BCUT2D eigenvalue weighted by molar-refractivity contribution is -0.150. The largest absolute Gasteiger partial charge is 0.491 e. The van der Waals surface area contributed by atoms with Crippen LogP contribution in [0.4, 0.5) is 0 Å². The molecule has 0 heterocycles. The van der Waals surface area contributed by atoms with Gasteiger partial charge in [-0.15, -0.1) is 0 Å². The van der Waals surface area contributed by atoms with Gasteiger partial charge in [-0.3, -0.25) is 0 Å².